The summed E-state index contributed by atoms with van der Waals surface area (Å²) in [7, 11) is -1.45. The highest BCUT2D eigenvalue weighted by molar-refractivity contribution is 8.13. The van der Waals surface area contributed by atoms with Crippen LogP contribution in [0, 0.1) is 13.8 Å². The minimum Gasteiger partial charge on any atom is -0.493 e. The zero-order valence-electron chi connectivity index (χ0n) is 11.5. The Morgan fingerprint density at radius 3 is 2.20 bits per heavy atom. The monoisotopic (exact) mass is 340 g/mol. The summed E-state index contributed by atoms with van der Waals surface area (Å²) in [6, 6.07) is 3.04. The highest BCUT2D eigenvalue weighted by atomic mass is 35.7. The first-order valence-corrected chi connectivity index (χ1v) is 10.2. The maximum Gasteiger partial charge on any atom is 0.261 e. The molecule has 0 unspecified atom stereocenters. The lowest BCUT2D eigenvalue weighted by Gasteiger charge is -2.12. The van der Waals surface area contributed by atoms with Gasteiger partial charge in [0.25, 0.3) is 9.05 Å². The summed E-state index contributed by atoms with van der Waals surface area (Å²) in [5, 5.41) is 0. The predicted molar refractivity (Wildman–Crippen MR) is 78.8 cm³/mol. The molecule has 5 nitrogen and oxygen atoms in total. The van der Waals surface area contributed by atoms with Gasteiger partial charge in [0.05, 0.1) is 17.3 Å². The first-order valence-electron chi connectivity index (χ1n) is 5.87. The third-order valence-corrected chi connectivity index (χ3v) is 5.15. The molecule has 0 radical (unpaired) electrons. The van der Waals surface area contributed by atoms with Gasteiger partial charge in [0.2, 0.25) is 0 Å². The Morgan fingerprint density at radius 1 is 1.10 bits per heavy atom. The van der Waals surface area contributed by atoms with Crippen molar-refractivity contribution in [1.82, 2.24) is 0 Å². The van der Waals surface area contributed by atoms with Gasteiger partial charge in [-0.1, -0.05) is 0 Å². The zero-order chi connectivity index (χ0) is 15.6. The number of ether oxygens (including phenoxy) is 1. The summed E-state index contributed by atoms with van der Waals surface area (Å²) in [5.41, 5.74) is 1.12. The minimum atomic E-state index is -3.78. The van der Waals surface area contributed by atoms with Crippen LogP contribution < -0.4 is 4.74 Å². The summed E-state index contributed by atoms with van der Waals surface area (Å²) < 4.78 is 50.1. The fourth-order valence-corrected chi connectivity index (χ4v) is 3.59. The van der Waals surface area contributed by atoms with Crippen LogP contribution in [0.3, 0.4) is 0 Å². The average molecular weight is 341 g/mol. The second-order valence-electron chi connectivity index (χ2n) is 4.65. The van der Waals surface area contributed by atoms with Gasteiger partial charge >= 0.3 is 0 Å². The van der Waals surface area contributed by atoms with Crippen molar-refractivity contribution in [2.24, 2.45) is 0 Å². The van der Waals surface area contributed by atoms with E-state index in [-0.39, 0.29) is 17.3 Å². The highest BCUT2D eigenvalue weighted by Gasteiger charge is 2.16. The van der Waals surface area contributed by atoms with E-state index in [9.17, 15) is 16.8 Å². The SMILES string of the molecule is Cc1cc(S(=O)(=O)Cl)c(C)cc1OCCCS(C)(=O)=O. The predicted octanol–water partition coefficient (Wildman–Crippen LogP) is 2.04. The van der Waals surface area contributed by atoms with Crippen molar-refractivity contribution in [3.8, 4) is 5.75 Å². The molecule has 0 aliphatic rings. The van der Waals surface area contributed by atoms with Gasteiger partial charge in [-0.25, -0.2) is 16.8 Å². The molecule has 0 heterocycles. The number of hydrogen-bond donors (Lipinski definition) is 0. The molecule has 0 amide bonds. The molecule has 8 heteroatoms. The first kappa shape index (κ1) is 17.3. The Morgan fingerprint density at radius 2 is 1.70 bits per heavy atom. The van der Waals surface area contributed by atoms with Crippen LogP contribution in [0.25, 0.3) is 0 Å². The molecule has 0 atom stereocenters. The van der Waals surface area contributed by atoms with Gasteiger partial charge in [0.15, 0.2) is 0 Å². The fourth-order valence-electron chi connectivity index (χ4n) is 1.68. The highest BCUT2D eigenvalue weighted by Crippen LogP contribution is 2.27. The lowest BCUT2D eigenvalue weighted by molar-refractivity contribution is 0.315. The molecule has 1 rings (SSSR count). The number of benzene rings is 1. The number of sulfone groups is 1. The van der Waals surface area contributed by atoms with E-state index in [1.54, 1.807) is 19.9 Å². The summed E-state index contributed by atoms with van der Waals surface area (Å²) in [6.07, 6.45) is 1.55. The number of aryl methyl sites for hydroxylation is 2. The van der Waals surface area contributed by atoms with Gasteiger partial charge in [0, 0.05) is 16.9 Å². The van der Waals surface area contributed by atoms with Crippen LogP contribution in [-0.4, -0.2) is 35.5 Å². The van der Waals surface area contributed by atoms with Crippen LogP contribution in [0.5, 0.6) is 5.75 Å². The number of hydrogen-bond acceptors (Lipinski definition) is 5. The van der Waals surface area contributed by atoms with Crippen molar-refractivity contribution < 1.29 is 21.6 Å². The second-order valence-corrected chi connectivity index (χ2v) is 9.45. The molecule has 0 bridgehead atoms. The Kier molecular flexibility index (Phi) is 5.46. The quantitative estimate of drug-likeness (QED) is 0.585. The van der Waals surface area contributed by atoms with E-state index in [1.807, 2.05) is 0 Å². The molecule has 0 saturated carbocycles. The second kappa shape index (κ2) is 6.32. The van der Waals surface area contributed by atoms with Crippen molar-refractivity contribution in [2.45, 2.75) is 25.2 Å². The lowest BCUT2D eigenvalue weighted by atomic mass is 10.1. The van der Waals surface area contributed by atoms with Crippen LogP contribution in [0.4, 0.5) is 0 Å². The first-order chi connectivity index (χ1) is 9.00. The minimum absolute atomic E-state index is 0.0547. The fraction of sp³-hybridized carbons (Fsp3) is 0.500. The van der Waals surface area contributed by atoms with Crippen molar-refractivity contribution in [2.75, 3.05) is 18.6 Å². The van der Waals surface area contributed by atoms with E-state index in [1.165, 1.54) is 12.3 Å². The smallest absolute Gasteiger partial charge is 0.261 e. The number of rotatable bonds is 6. The van der Waals surface area contributed by atoms with Crippen molar-refractivity contribution in [3.63, 3.8) is 0 Å². The molecule has 0 fully saturated rings. The topological polar surface area (TPSA) is 77.5 Å². The normalized spacial score (nSPS) is 12.4. The molecule has 114 valence electrons. The van der Waals surface area contributed by atoms with E-state index >= 15 is 0 Å². The Hall–Kier alpha value is -0.790. The van der Waals surface area contributed by atoms with Gasteiger partial charge in [0.1, 0.15) is 15.6 Å². The van der Waals surface area contributed by atoms with E-state index in [2.05, 4.69) is 0 Å². The molecular formula is C12H17ClO5S2. The van der Waals surface area contributed by atoms with Crippen LogP contribution in [0.15, 0.2) is 17.0 Å². The molecule has 1 aromatic carbocycles. The summed E-state index contributed by atoms with van der Waals surface area (Å²) in [5.74, 6) is 0.583. The largest absolute Gasteiger partial charge is 0.493 e. The van der Waals surface area contributed by atoms with E-state index in [0.717, 1.165) is 0 Å². The van der Waals surface area contributed by atoms with Gasteiger partial charge < -0.3 is 4.74 Å². The third-order valence-electron chi connectivity index (χ3n) is 2.65. The molecule has 1 aromatic rings. The zero-order valence-corrected chi connectivity index (χ0v) is 13.9. The summed E-state index contributed by atoms with van der Waals surface area (Å²) >= 11 is 0. The van der Waals surface area contributed by atoms with Crippen molar-refractivity contribution in [3.05, 3.63) is 23.3 Å². The molecule has 0 aliphatic carbocycles. The van der Waals surface area contributed by atoms with Gasteiger partial charge in [-0.15, -0.1) is 0 Å². The van der Waals surface area contributed by atoms with Gasteiger partial charge in [-0.2, -0.15) is 0 Å². The molecule has 20 heavy (non-hydrogen) atoms. The standard InChI is InChI=1S/C12H17ClO5S2/c1-9-8-12(20(13,16)17)10(2)7-11(9)18-5-4-6-19(3,14)15/h7-8H,4-6H2,1-3H3. The van der Waals surface area contributed by atoms with Crippen LogP contribution in [-0.2, 0) is 18.9 Å². The molecule has 0 N–H and O–H groups in total. The molecule has 0 spiro atoms. The summed E-state index contributed by atoms with van der Waals surface area (Å²) in [4.78, 5) is 0.0557. The van der Waals surface area contributed by atoms with Crippen molar-refractivity contribution in [1.29, 1.82) is 0 Å². The maximum absolute atomic E-state index is 11.3. The summed E-state index contributed by atoms with van der Waals surface area (Å²) in [6.45, 7) is 3.58. The van der Waals surface area contributed by atoms with Gasteiger partial charge in [-0.05, 0) is 43.5 Å². The molecule has 0 aromatic heterocycles. The van der Waals surface area contributed by atoms with E-state index in [0.29, 0.717) is 23.3 Å². The lowest BCUT2D eigenvalue weighted by Crippen LogP contribution is -2.08. The molecule has 0 aliphatic heterocycles. The van der Waals surface area contributed by atoms with Crippen molar-refractivity contribution >= 4 is 29.6 Å². The van der Waals surface area contributed by atoms with Gasteiger partial charge in [-0.3, -0.25) is 0 Å². The van der Waals surface area contributed by atoms with Crippen LogP contribution in [0.2, 0.25) is 0 Å². The number of halogens is 1. The third kappa shape index (κ3) is 5.30. The van der Waals surface area contributed by atoms with E-state index in [4.69, 9.17) is 15.4 Å². The van der Waals surface area contributed by atoms with Crippen LogP contribution >= 0.6 is 10.7 Å². The van der Waals surface area contributed by atoms with E-state index < -0.39 is 18.9 Å². The molecule has 0 saturated heterocycles. The Bertz CT molecular complexity index is 693. The van der Waals surface area contributed by atoms with Crippen LogP contribution in [0.1, 0.15) is 17.5 Å². The maximum atomic E-state index is 11.3. The Balaban J connectivity index is 2.81. The Labute approximate surface area is 124 Å². The average Bonchev–Trinajstić information content (AvgIpc) is 2.25. The molecular weight excluding hydrogens is 324 g/mol.